The fourth-order valence-electron chi connectivity index (χ4n) is 1.21. The van der Waals surface area contributed by atoms with Gasteiger partial charge in [0, 0.05) is 12.7 Å². The van der Waals surface area contributed by atoms with Gasteiger partial charge in [-0.1, -0.05) is 20.3 Å². The van der Waals surface area contributed by atoms with Gasteiger partial charge in [0.05, 0.1) is 17.4 Å². The van der Waals surface area contributed by atoms with E-state index in [1.807, 2.05) is 0 Å². The quantitative estimate of drug-likeness (QED) is 0.515. The Morgan fingerprint density at radius 3 is 3.00 bits per heavy atom. The minimum atomic E-state index is -0.129. The van der Waals surface area contributed by atoms with E-state index in [1.54, 1.807) is 12.3 Å². The number of anilines is 1. The van der Waals surface area contributed by atoms with Crippen LogP contribution in [0.2, 0.25) is 0 Å². The molecule has 0 aliphatic heterocycles. The summed E-state index contributed by atoms with van der Waals surface area (Å²) in [6.45, 7) is 4.85. The number of hydrogen-bond donors (Lipinski definition) is 3. The fraction of sp³-hybridized carbons (Fsp3) is 0.455. The number of hydrogen-bond acceptors (Lipinski definition) is 4. The Hall–Kier alpha value is -1.62. The highest BCUT2D eigenvalue weighted by molar-refractivity contribution is 5.99. The number of nitrogens with two attached hydrogens (primary N) is 1. The normalized spacial score (nSPS) is 11.9. The zero-order valence-electron chi connectivity index (χ0n) is 9.66. The first-order valence-corrected chi connectivity index (χ1v) is 5.37. The van der Waals surface area contributed by atoms with Gasteiger partial charge in [0.2, 0.25) is 0 Å². The first-order valence-electron chi connectivity index (χ1n) is 5.37. The van der Waals surface area contributed by atoms with Crippen LogP contribution in [0.5, 0.6) is 0 Å². The van der Waals surface area contributed by atoms with Crippen LogP contribution in [-0.4, -0.2) is 17.4 Å². The Bertz CT molecular complexity index is 354. The smallest absolute Gasteiger partial charge is 0.253 e. The number of nitrogens with zero attached hydrogens (tertiary/aromatic N) is 1. The van der Waals surface area contributed by atoms with Crippen molar-refractivity contribution in [2.45, 2.75) is 20.3 Å². The third kappa shape index (κ3) is 3.20. The number of carbonyl (C=O) groups excluding carboxylic acids is 1. The number of amides is 1. The van der Waals surface area contributed by atoms with Crippen molar-refractivity contribution in [3.8, 4) is 0 Å². The minimum absolute atomic E-state index is 0.129. The topological polar surface area (TPSA) is 80.0 Å². The van der Waals surface area contributed by atoms with Crippen molar-refractivity contribution in [1.82, 2.24) is 10.3 Å². The van der Waals surface area contributed by atoms with E-state index in [2.05, 4.69) is 29.6 Å². The van der Waals surface area contributed by atoms with Crippen LogP contribution in [-0.2, 0) is 0 Å². The summed E-state index contributed by atoms with van der Waals surface area (Å²) in [5.74, 6) is 5.64. The van der Waals surface area contributed by atoms with Crippen molar-refractivity contribution in [2.24, 2.45) is 11.8 Å². The molecule has 1 rings (SSSR count). The molecule has 1 unspecified atom stereocenters. The monoisotopic (exact) mass is 222 g/mol. The summed E-state index contributed by atoms with van der Waals surface area (Å²) in [6, 6.07) is 1.64. The van der Waals surface area contributed by atoms with Gasteiger partial charge in [-0.25, -0.2) is 0 Å². The predicted octanol–water partition coefficient (Wildman–Crippen LogP) is 1.14. The van der Waals surface area contributed by atoms with Crippen molar-refractivity contribution in [2.75, 3.05) is 12.0 Å². The molecule has 0 spiro atoms. The molecule has 0 aliphatic carbocycles. The van der Waals surface area contributed by atoms with Gasteiger partial charge in [0.25, 0.3) is 5.91 Å². The molecule has 5 heteroatoms. The summed E-state index contributed by atoms with van der Waals surface area (Å²) >= 11 is 0. The van der Waals surface area contributed by atoms with Crippen LogP contribution < -0.4 is 16.6 Å². The van der Waals surface area contributed by atoms with Crippen molar-refractivity contribution < 1.29 is 4.79 Å². The SMILES string of the molecule is CCC(C)CNC(=O)c1ccncc1NN. The molecular formula is C11H18N4O. The van der Waals surface area contributed by atoms with Crippen LogP contribution >= 0.6 is 0 Å². The lowest BCUT2D eigenvalue weighted by molar-refractivity contribution is 0.0948. The number of carbonyl (C=O) groups is 1. The van der Waals surface area contributed by atoms with Gasteiger partial charge in [-0.3, -0.25) is 15.6 Å². The van der Waals surface area contributed by atoms with Crippen LogP contribution in [0.4, 0.5) is 5.69 Å². The summed E-state index contributed by atoms with van der Waals surface area (Å²) in [5.41, 5.74) is 3.50. The maximum atomic E-state index is 11.8. The van der Waals surface area contributed by atoms with Gasteiger partial charge in [-0.15, -0.1) is 0 Å². The molecule has 4 N–H and O–H groups in total. The minimum Gasteiger partial charge on any atom is -0.352 e. The predicted molar refractivity (Wildman–Crippen MR) is 63.8 cm³/mol. The third-order valence-electron chi connectivity index (χ3n) is 2.53. The lowest BCUT2D eigenvalue weighted by Gasteiger charge is -2.11. The van der Waals surface area contributed by atoms with E-state index in [-0.39, 0.29) is 5.91 Å². The van der Waals surface area contributed by atoms with E-state index in [1.165, 1.54) is 6.20 Å². The molecular weight excluding hydrogens is 204 g/mol. The summed E-state index contributed by atoms with van der Waals surface area (Å²) < 4.78 is 0. The van der Waals surface area contributed by atoms with Crippen molar-refractivity contribution in [3.63, 3.8) is 0 Å². The van der Waals surface area contributed by atoms with Gasteiger partial charge in [0.1, 0.15) is 0 Å². The van der Waals surface area contributed by atoms with Gasteiger partial charge >= 0.3 is 0 Å². The van der Waals surface area contributed by atoms with Crippen molar-refractivity contribution in [3.05, 3.63) is 24.0 Å². The molecule has 0 saturated heterocycles. The molecule has 1 amide bonds. The van der Waals surface area contributed by atoms with E-state index < -0.39 is 0 Å². The van der Waals surface area contributed by atoms with E-state index >= 15 is 0 Å². The lowest BCUT2D eigenvalue weighted by Crippen LogP contribution is -2.29. The average molecular weight is 222 g/mol. The molecule has 1 atom stereocenters. The zero-order chi connectivity index (χ0) is 12.0. The number of nitrogen functional groups attached to an aromatic ring is 1. The van der Waals surface area contributed by atoms with Gasteiger partial charge in [-0.2, -0.15) is 0 Å². The van der Waals surface area contributed by atoms with E-state index in [0.29, 0.717) is 23.7 Å². The van der Waals surface area contributed by atoms with E-state index in [9.17, 15) is 4.79 Å². The lowest BCUT2D eigenvalue weighted by atomic mass is 10.1. The van der Waals surface area contributed by atoms with Gasteiger partial charge in [-0.05, 0) is 12.0 Å². The second kappa shape index (κ2) is 6.07. The molecule has 1 aromatic rings. The number of hydrazine groups is 1. The highest BCUT2D eigenvalue weighted by Crippen LogP contribution is 2.11. The summed E-state index contributed by atoms with van der Waals surface area (Å²) in [4.78, 5) is 15.7. The number of rotatable bonds is 5. The maximum absolute atomic E-state index is 11.8. The number of nitrogens with one attached hydrogen (secondary N) is 2. The molecule has 16 heavy (non-hydrogen) atoms. The van der Waals surface area contributed by atoms with Crippen LogP contribution in [0.3, 0.4) is 0 Å². The Morgan fingerprint density at radius 2 is 2.38 bits per heavy atom. The fourth-order valence-corrected chi connectivity index (χ4v) is 1.21. The molecule has 0 radical (unpaired) electrons. The molecule has 5 nitrogen and oxygen atoms in total. The van der Waals surface area contributed by atoms with Crippen molar-refractivity contribution in [1.29, 1.82) is 0 Å². The van der Waals surface area contributed by atoms with Crippen LogP contribution in [0.1, 0.15) is 30.6 Å². The molecule has 1 aromatic heterocycles. The number of aromatic nitrogens is 1. The highest BCUT2D eigenvalue weighted by atomic mass is 16.1. The summed E-state index contributed by atoms with van der Waals surface area (Å²) in [5, 5.41) is 2.86. The first-order chi connectivity index (χ1) is 7.69. The summed E-state index contributed by atoms with van der Waals surface area (Å²) in [7, 11) is 0. The largest absolute Gasteiger partial charge is 0.352 e. The molecule has 1 heterocycles. The van der Waals surface area contributed by atoms with E-state index in [0.717, 1.165) is 6.42 Å². The molecule has 0 fully saturated rings. The Kier molecular flexibility index (Phi) is 4.72. The Morgan fingerprint density at radius 1 is 1.62 bits per heavy atom. The second-order valence-electron chi connectivity index (χ2n) is 3.79. The van der Waals surface area contributed by atoms with Crippen LogP contribution in [0.25, 0.3) is 0 Å². The standard InChI is InChI=1S/C11H18N4O/c1-3-8(2)6-14-11(16)9-4-5-13-7-10(9)15-12/h4-5,7-8,15H,3,6,12H2,1-2H3,(H,14,16). The number of pyridine rings is 1. The maximum Gasteiger partial charge on any atom is 0.253 e. The first kappa shape index (κ1) is 12.4. The molecule has 0 bridgehead atoms. The Balaban J connectivity index is 2.65. The molecule has 0 aliphatic rings. The molecule has 0 saturated carbocycles. The second-order valence-corrected chi connectivity index (χ2v) is 3.79. The third-order valence-corrected chi connectivity index (χ3v) is 2.53. The van der Waals surface area contributed by atoms with E-state index in [4.69, 9.17) is 5.84 Å². The molecule has 0 aromatic carbocycles. The summed E-state index contributed by atoms with van der Waals surface area (Å²) in [6.07, 6.45) is 4.13. The van der Waals surface area contributed by atoms with Crippen LogP contribution in [0, 0.1) is 5.92 Å². The van der Waals surface area contributed by atoms with Crippen molar-refractivity contribution >= 4 is 11.6 Å². The van der Waals surface area contributed by atoms with Gasteiger partial charge < -0.3 is 10.7 Å². The highest BCUT2D eigenvalue weighted by Gasteiger charge is 2.10. The Labute approximate surface area is 95.4 Å². The average Bonchev–Trinajstić information content (AvgIpc) is 2.35. The van der Waals surface area contributed by atoms with Gasteiger partial charge in [0.15, 0.2) is 0 Å². The van der Waals surface area contributed by atoms with Crippen LogP contribution in [0.15, 0.2) is 18.5 Å². The molecule has 88 valence electrons. The zero-order valence-corrected chi connectivity index (χ0v) is 9.66.